The Balaban J connectivity index is 1.57. The Kier molecular flexibility index (Phi) is 11.9. The summed E-state index contributed by atoms with van der Waals surface area (Å²) in [5, 5.41) is 9.97. The first kappa shape index (κ1) is 30.1. The molecule has 0 aliphatic carbocycles. The molecule has 0 saturated carbocycles. The maximum atomic E-state index is 11.7. The number of nitrogens with one attached hydrogen (secondary N) is 3. The van der Waals surface area contributed by atoms with E-state index in [1.165, 1.54) is 16.7 Å². The van der Waals surface area contributed by atoms with Gasteiger partial charge in [-0.05, 0) is 73.9 Å². The second kappa shape index (κ2) is 15.8. The number of hydrogen-bond donors (Lipinski definition) is 3. The largest absolute Gasteiger partial charge is 0.508 e. The van der Waals surface area contributed by atoms with Crippen LogP contribution in [0.5, 0.6) is 0 Å². The van der Waals surface area contributed by atoms with Gasteiger partial charge in [0.25, 0.3) is 0 Å². The van der Waals surface area contributed by atoms with Crippen molar-refractivity contribution < 1.29 is 23.8 Å². The smallest absolute Gasteiger partial charge is 0.459 e. The number of ether oxygens (including phenoxy) is 3. The fraction of sp³-hybridized carbons (Fsp3) is 0.312. The third-order valence-electron chi connectivity index (χ3n) is 6.03. The average molecular weight is 546 g/mol. The van der Waals surface area contributed by atoms with E-state index in [0.717, 1.165) is 30.2 Å². The predicted molar refractivity (Wildman–Crippen MR) is 160 cm³/mol. The molecule has 0 bridgehead atoms. The molecule has 0 spiro atoms. The van der Waals surface area contributed by atoms with Crippen LogP contribution in [0.15, 0.2) is 84.9 Å². The molecule has 3 rings (SSSR count). The van der Waals surface area contributed by atoms with Crippen molar-refractivity contribution in [1.82, 2.24) is 0 Å². The van der Waals surface area contributed by atoms with E-state index in [4.69, 9.17) is 14.2 Å². The molecular weight excluding hydrogens is 506 g/mol. The van der Waals surface area contributed by atoms with Gasteiger partial charge in [0.05, 0.1) is 0 Å². The van der Waals surface area contributed by atoms with Crippen molar-refractivity contribution in [3.63, 3.8) is 0 Å². The highest BCUT2D eigenvalue weighted by atomic mass is 16.7. The van der Waals surface area contributed by atoms with Crippen molar-refractivity contribution in [3.8, 4) is 0 Å². The van der Waals surface area contributed by atoms with Gasteiger partial charge in [0, 0.05) is 48.2 Å². The molecule has 0 aliphatic rings. The highest BCUT2D eigenvalue weighted by molar-refractivity contribution is 5.86. The molecule has 0 amide bonds. The number of esters is 1. The van der Waals surface area contributed by atoms with Gasteiger partial charge in [0.2, 0.25) is 0 Å². The van der Waals surface area contributed by atoms with E-state index >= 15 is 0 Å². The van der Waals surface area contributed by atoms with Crippen LogP contribution in [-0.2, 0) is 19.0 Å². The van der Waals surface area contributed by atoms with Gasteiger partial charge < -0.3 is 30.2 Å². The second-order valence-electron chi connectivity index (χ2n) is 9.15. The van der Waals surface area contributed by atoms with Crippen molar-refractivity contribution in [2.75, 3.05) is 55.4 Å². The van der Waals surface area contributed by atoms with E-state index in [1.54, 1.807) is 6.92 Å². The van der Waals surface area contributed by atoms with Crippen LogP contribution in [0.4, 0.5) is 21.9 Å². The van der Waals surface area contributed by atoms with Gasteiger partial charge in [-0.2, -0.15) is 0 Å². The van der Waals surface area contributed by atoms with E-state index in [1.807, 2.05) is 12.1 Å². The highest BCUT2D eigenvalue weighted by Gasteiger charge is 2.17. The molecule has 0 fully saturated rings. The van der Waals surface area contributed by atoms with Gasteiger partial charge in [0.1, 0.15) is 19.8 Å². The van der Waals surface area contributed by atoms with Gasteiger partial charge in [-0.3, -0.25) is 0 Å². The first-order valence-corrected chi connectivity index (χ1v) is 13.5. The first-order chi connectivity index (χ1) is 19.4. The van der Waals surface area contributed by atoms with E-state index in [0.29, 0.717) is 6.54 Å². The van der Waals surface area contributed by atoms with Crippen molar-refractivity contribution in [2.45, 2.75) is 26.7 Å². The Bertz CT molecular complexity index is 1180. The third-order valence-corrected chi connectivity index (χ3v) is 6.03. The fourth-order valence-electron chi connectivity index (χ4n) is 4.12. The van der Waals surface area contributed by atoms with Crippen LogP contribution < -0.4 is 16.0 Å². The zero-order chi connectivity index (χ0) is 28.7. The zero-order valence-electron chi connectivity index (χ0n) is 23.5. The molecule has 212 valence electrons. The lowest BCUT2D eigenvalue weighted by molar-refractivity contribution is -0.140. The minimum absolute atomic E-state index is 0.0497. The summed E-state index contributed by atoms with van der Waals surface area (Å²) in [6.07, 6.45) is -0.813. The summed E-state index contributed by atoms with van der Waals surface area (Å²) in [6.45, 7) is 11.4. The van der Waals surface area contributed by atoms with Gasteiger partial charge in [-0.15, -0.1) is 0 Å². The number of rotatable bonds is 15. The van der Waals surface area contributed by atoms with Crippen LogP contribution in [0.1, 0.15) is 43.4 Å². The summed E-state index contributed by atoms with van der Waals surface area (Å²) in [7, 11) is 0. The van der Waals surface area contributed by atoms with Crippen LogP contribution in [0.3, 0.4) is 0 Å². The summed E-state index contributed by atoms with van der Waals surface area (Å²) in [5.74, 6) is -0.448. The molecule has 0 radical (unpaired) electrons. The van der Waals surface area contributed by atoms with Gasteiger partial charge >= 0.3 is 12.1 Å². The minimum Gasteiger partial charge on any atom is -0.459 e. The van der Waals surface area contributed by atoms with Crippen molar-refractivity contribution in [1.29, 1.82) is 0 Å². The van der Waals surface area contributed by atoms with Crippen molar-refractivity contribution >= 4 is 29.2 Å². The summed E-state index contributed by atoms with van der Waals surface area (Å²) < 4.78 is 14.8. The van der Waals surface area contributed by atoms with Crippen LogP contribution in [0.25, 0.3) is 0 Å². The fourth-order valence-corrected chi connectivity index (χ4v) is 4.12. The second-order valence-corrected chi connectivity index (χ2v) is 9.15. The molecule has 3 aromatic carbocycles. The molecule has 8 heteroatoms. The number of carbonyl (C=O) groups excluding carboxylic acids is 2. The molecule has 40 heavy (non-hydrogen) atoms. The van der Waals surface area contributed by atoms with Crippen LogP contribution in [0, 0.1) is 0 Å². The van der Waals surface area contributed by atoms with Crippen molar-refractivity contribution in [3.05, 3.63) is 102 Å². The maximum Gasteiger partial charge on any atom is 0.508 e. The molecule has 8 nitrogen and oxygen atoms in total. The molecule has 0 saturated heterocycles. The molecular formula is C32H39N3O5. The van der Waals surface area contributed by atoms with Crippen LogP contribution in [0.2, 0.25) is 0 Å². The summed E-state index contributed by atoms with van der Waals surface area (Å²) in [5.41, 5.74) is 6.99. The van der Waals surface area contributed by atoms with Gasteiger partial charge in [-0.1, -0.05) is 43.0 Å². The standard InChI is InChI=1S/C32H39N3O5/c1-5-33-27-13-7-24(8-14-27)30(25-9-15-28(16-10-25)34-6-2)26-11-17-29(18-12-26)35-19-20-39-32(37)40-22-21-38-31(36)23(3)4/h7-18,30,33-35H,3,5-6,19-22H2,1-2,4H3. The molecule has 0 atom stereocenters. The maximum absolute atomic E-state index is 11.7. The molecule has 0 aromatic heterocycles. The molecule has 0 unspecified atom stereocenters. The Morgan fingerprint density at radius 2 is 1.05 bits per heavy atom. The molecule has 0 heterocycles. The normalized spacial score (nSPS) is 10.5. The van der Waals surface area contributed by atoms with Crippen LogP contribution >= 0.6 is 0 Å². The molecule has 0 aliphatic heterocycles. The Hall–Kier alpha value is -4.46. The average Bonchev–Trinajstić information content (AvgIpc) is 2.96. The number of carbonyl (C=O) groups is 2. The van der Waals surface area contributed by atoms with E-state index in [2.05, 4.69) is 97.0 Å². The van der Waals surface area contributed by atoms with E-state index < -0.39 is 12.1 Å². The van der Waals surface area contributed by atoms with Crippen molar-refractivity contribution in [2.24, 2.45) is 0 Å². The first-order valence-electron chi connectivity index (χ1n) is 13.5. The lowest BCUT2D eigenvalue weighted by Gasteiger charge is -2.20. The Morgan fingerprint density at radius 3 is 1.48 bits per heavy atom. The SMILES string of the molecule is C=C(C)C(=O)OCCOC(=O)OCCNc1ccc(C(c2ccc(NCC)cc2)c2ccc(NCC)cc2)cc1. The Labute approximate surface area is 236 Å². The molecule has 3 N–H and O–H groups in total. The monoisotopic (exact) mass is 545 g/mol. The topological polar surface area (TPSA) is 97.9 Å². The molecule has 3 aromatic rings. The van der Waals surface area contributed by atoms with Gasteiger partial charge in [-0.25, -0.2) is 9.59 Å². The lowest BCUT2D eigenvalue weighted by atomic mass is 9.85. The van der Waals surface area contributed by atoms with E-state index in [9.17, 15) is 9.59 Å². The summed E-state index contributed by atoms with van der Waals surface area (Å²) >= 11 is 0. The summed E-state index contributed by atoms with van der Waals surface area (Å²) in [6, 6.07) is 25.5. The number of anilines is 3. The quantitative estimate of drug-likeness (QED) is 0.0872. The van der Waals surface area contributed by atoms with Crippen LogP contribution in [-0.4, -0.2) is 51.6 Å². The minimum atomic E-state index is -0.813. The lowest BCUT2D eigenvalue weighted by Crippen LogP contribution is -2.18. The summed E-state index contributed by atoms with van der Waals surface area (Å²) in [4.78, 5) is 23.0. The number of hydrogen-bond acceptors (Lipinski definition) is 8. The number of benzene rings is 3. The Morgan fingerprint density at radius 1 is 0.650 bits per heavy atom. The van der Waals surface area contributed by atoms with Gasteiger partial charge in [0.15, 0.2) is 0 Å². The highest BCUT2D eigenvalue weighted by Crippen LogP contribution is 2.34. The predicted octanol–water partition coefficient (Wildman–Crippen LogP) is 6.41. The zero-order valence-corrected chi connectivity index (χ0v) is 23.5. The van der Waals surface area contributed by atoms with E-state index in [-0.39, 0.29) is 31.3 Å². The third kappa shape index (κ3) is 9.38.